The number of carbonyl (C=O) groups is 2. The third-order valence-electron chi connectivity index (χ3n) is 2.14. The van der Waals surface area contributed by atoms with Crippen LogP contribution in [0, 0.1) is 0 Å². The predicted octanol–water partition coefficient (Wildman–Crippen LogP) is 0.239. The maximum absolute atomic E-state index is 11.7. The molecule has 0 unspecified atom stereocenters. The molecule has 1 heterocycles. The summed E-state index contributed by atoms with van der Waals surface area (Å²) in [5.41, 5.74) is 0.737. The van der Waals surface area contributed by atoms with Crippen molar-refractivity contribution < 1.29 is 14.3 Å². The number of aromatic amines is 1. The molecular formula is C10H9N5O3. The van der Waals surface area contributed by atoms with Crippen molar-refractivity contribution in [3.8, 4) is 0 Å². The van der Waals surface area contributed by atoms with Gasteiger partial charge in [0.05, 0.1) is 12.7 Å². The lowest BCUT2D eigenvalue weighted by atomic mass is 10.1. The second-order valence-electron chi connectivity index (χ2n) is 3.26. The number of carbonyl (C=O) groups excluding carboxylic acids is 2. The molecule has 1 amide bonds. The van der Waals surface area contributed by atoms with Crippen molar-refractivity contribution in [2.75, 3.05) is 12.4 Å². The Morgan fingerprint density at radius 2 is 1.89 bits per heavy atom. The largest absolute Gasteiger partial charge is 0.465 e. The number of benzene rings is 1. The van der Waals surface area contributed by atoms with Gasteiger partial charge in [-0.2, -0.15) is 5.21 Å². The standard InChI is InChI=1S/C10H9N5O3/c1-18-9(17)7-4-2-6(3-5-7)8(16)11-10-12-14-15-13-10/h2-5H,1H3,(H2,11,12,13,14,15,16). The number of nitrogens with one attached hydrogen (secondary N) is 2. The first-order chi connectivity index (χ1) is 8.70. The molecule has 92 valence electrons. The summed E-state index contributed by atoms with van der Waals surface area (Å²) in [7, 11) is 1.29. The number of tetrazole rings is 1. The average Bonchev–Trinajstić information content (AvgIpc) is 2.91. The number of nitrogens with zero attached hydrogens (tertiary/aromatic N) is 3. The minimum absolute atomic E-state index is 0.0806. The van der Waals surface area contributed by atoms with E-state index >= 15 is 0 Å². The number of ether oxygens (including phenoxy) is 1. The Morgan fingerprint density at radius 1 is 1.22 bits per heavy atom. The average molecular weight is 247 g/mol. The van der Waals surface area contributed by atoms with Gasteiger partial charge >= 0.3 is 5.97 Å². The van der Waals surface area contributed by atoms with Gasteiger partial charge in [0.2, 0.25) is 0 Å². The van der Waals surface area contributed by atoms with Crippen molar-refractivity contribution in [1.29, 1.82) is 0 Å². The number of anilines is 1. The maximum atomic E-state index is 11.7. The van der Waals surface area contributed by atoms with Crippen molar-refractivity contribution in [2.24, 2.45) is 0 Å². The maximum Gasteiger partial charge on any atom is 0.337 e. The minimum Gasteiger partial charge on any atom is -0.465 e. The number of methoxy groups -OCH3 is 1. The van der Waals surface area contributed by atoms with Crippen molar-refractivity contribution in [1.82, 2.24) is 20.6 Å². The van der Waals surface area contributed by atoms with Gasteiger partial charge < -0.3 is 4.74 Å². The van der Waals surface area contributed by atoms with Gasteiger partial charge in [-0.1, -0.05) is 5.10 Å². The van der Waals surface area contributed by atoms with Crippen LogP contribution in [0.2, 0.25) is 0 Å². The molecule has 0 radical (unpaired) electrons. The molecule has 18 heavy (non-hydrogen) atoms. The van der Waals surface area contributed by atoms with Crippen LogP contribution in [0.1, 0.15) is 20.7 Å². The minimum atomic E-state index is -0.458. The molecule has 2 N–H and O–H groups in total. The molecule has 8 heteroatoms. The van der Waals surface area contributed by atoms with E-state index in [2.05, 4.69) is 30.7 Å². The predicted molar refractivity (Wildman–Crippen MR) is 59.9 cm³/mol. The molecule has 0 aliphatic carbocycles. The molecule has 8 nitrogen and oxygen atoms in total. The Balaban J connectivity index is 2.09. The van der Waals surface area contributed by atoms with E-state index < -0.39 is 11.9 Å². The molecule has 0 spiro atoms. The van der Waals surface area contributed by atoms with Crippen LogP contribution in [0.3, 0.4) is 0 Å². The quantitative estimate of drug-likeness (QED) is 0.751. The van der Waals surface area contributed by atoms with Crippen molar-refractivity contribution in [2.45, 2.75) is 0 Å². The van der Waals surface area contributed by atoms with Gasteiger partial charge in [0.1, 0.15) is 0 Å². The molecule has 0 bridgehead atoms. The van der Waals surface area contributed by atoms with Crippen molar-refractivity contribution in [3.63, 3.8) is 0 Å². The van der Waals surface area contributed by atoms with E-state index in [1.807, 2.05) is 0 Å². The van der Waals surface area contributed by atoms with E-state index in [-0.39, 0.29) is 5.95 Å². The van der Waals surface area contributed by atoms with E-state index in [1.165, 1.54) is 31.4 Å². The normalized spacial score (nSPS) is 9.83. The van der Waals surface area contributed by atoms with Gasteiger partial charge in [-0.3, -0.25) is 10.1 Å². The Morgan fingerprint density at radius 3 is 2.44 bits per heavy atom. The smallest absolute Gasteiger partial charge is 0.337 e. The van der Waals surface area contributed by atoms with E-state index in [1.54, 1.807) is 0 Å². The van der Waals surface area contributed by atoms with Crippen molar-refractivity contribution in [3.05, 3.63) is 35.4 Å². The van der Waals surface area contributed by atoms with Gasteiger partial charge in [0.25, 0.3) is 11.9 Å². The monoisotopic (exact) mass is 247 g/mol. The van der Waals surface area contributed by atoms with Gasteiger partial charge in [-0.05, 0) is 29.5 Å². The molecule has 0 fully saturated rings. The summed E-state index contributed by atoms with van der Waals surface area (Å²) >= 11 is 0. The second kappa shape index (κ2) is 5.04. The fourth-order valence-electron chi connectivity index (χ4n) is 1.26. The number of aromatic nitrogens is 4. The first-order valence-corrected chi connectivity index (χ1v) is 4.94. The lowest BCUT2D eigenvalue weighted by molar-refractivity contribution is 0.0600. The van der Waals surface area contributed by atoms with Gasteiger partial charge in [-0.25, -0.2) is 4.79 Å². The van der Waals surface area contributed by atoms with Gasteiger partial charge in [-0.15, -0.1) is 5.10 Å². The van der Waals surface area contributed by atoms with Crippen LogP contribution < -0.4 is 5.32 Å². The number of esters is 1. The van der Waals surface area contributed by atoms with E-state index in [4.69, 9.17) is 0 Å². The third-order valence-corrected chi connectivity index (χ3v) is 2.14. The Hall–Kier alpha value is -2.77. The Kier molecular flexibility index (Phi) is 3.28. The molecule has 1 aromatic heterocycles. The highest BCUT2D eigenvalue weighted by atomic mass is 16.5. The topological polar surface area (TPSA) is 110 Å². The van der Waals surface area contributed by atoms with Crippen LogP contribution in [-0.4, -0.2) is 39.6 Å². The van der Waals surface area contributed by atoms with E-state index in [0.29, 0.717) is 11.1 Å². The van der Waals surface area contributed by atoms with Crippen LogP contribution >= 0.6 is 0 Å². The van der Waals surface area contributed by atoms with Crippen LogP contribution in [-0.2, 0) is 4.74 Å². The fourth-order valence-corrected chi connectivity index (χ4v) is 1.26. The van der Waals surface area contributed by atoms with E-state index in [9.17, 15) is 9.59 Å². The van der Waals surface area contributed by atoms with Crippen LogP contribution in [0.5, 0.6) is 0 Å². The van der Waals surface area contributed by atoms with Gasteiger partial charge in [0, 0.05) is 5.56 Å². The molecule has 0 atom stereocenters. The van der Waals surface area contributed by atoms with Gasteiger partial charge in [0.15, 0.2) is 0 Å². The Labute approximate surface area is 101 Å². The highest BCUT2D eigenvalue weighted by molar-refractivity contribution is 6.03. The molecular weight excluding hydrogens is 238 g/mol. The summed E-state index contributed by atoms with van der Waals surface area (Å²) in [6.07, 6.45) is 0. The lowest BCUT2D eigenvalue weighted by Crippen LogP contribution is -2.13. The molecule has 2 rings (SSSR count). The molecule has 0 saturated carbocycles. The highest BCUT2D eigenvalue weighted by Crippen LogP contribution is 2.07. The zero-order valence-corrected chi connectivity index (χ0v) is 9.38. The highest BCUT2D eigenvalue weighted by Gasteiger charge is 2.10. The molecule has 2 aromatic rings. The SMILES string of the molecule is COC(=O)c1ccc(C(=O)Nc2nn[nH]n2)cc1. The second-order valence-corrected chi connectivity index (χ2v) is 3.26. The zero-order chi connectivity index (χ0) is 13.0. The molecule has 0 aliphatic heterocycles. The first-order valence-electron chi connectivity index (χ1n) is 4.94. The third kappa shape index (κ3) is 2.48. The number of H-pyrrole nitrogens is 1. The summed E-state index contributed by atoms with van der Waals surface area (Å²) in [5.74, 6) is -0.773. The van der Waals surface area contributed by atoms with Crippen LogP contribution in [0.4, 0.5) is 5.95 Å². The Bertz CT molecular complexity index is 549. The van der Waals surface area contributed by atoms with E-state index in [0.717, 1.165) is 0 Å². The molecule has 0 saturated heterocycles. The number of hydrogen-bond acceptors (Lipinski definition) is 6. The zero-order valence-electron chi connectivity index (χ0n) is 9.38. The number of hydrogen-bond donors (Lipinski definition) is 2. The summed E-state index contributed by atoms with van der Waals surface area (Å²) in [6.45, 7) is 0. The summed E-state index contributed by atoms with van der Waals surface area (Å²) in [6, 6.07) is 6.00. The molecule has 1 aromatic carbocycles. The van der Waals surface area contributed by atoms with Crippen LogP contribution in [0.15, 0.2) is 24.3 Å². The number of amides is 1. The van der Waals surface area contributed by atoms with Crippen molar-refractivity contribution >= 4 is 17.8 Å². The molecule has 0 aliphatic rings. The van der Waals surface area contributed by atoms with Crippen LogP contribution in [0.25, 0.3) is 0 Å². The summed E-state index contributed by atoms with van der Waals surface area (Å²) in [4.78, 5) is 22.9. The first kappa shape index (κ1) is 11.7. The summed E-state index contributed by atoms with van der Waals surface area (Å²) in [5, 5.41) is 15.1. The lowest BCUT2D eigenvalue weighted by Gasteiger charge is -2.02. The fraction of sp³-hybridized carbons (Fsp3) is 0.100. The summed E-state index contributed by atoms with van der Waals surface area (Å²) < 4.78 is 4.55. The number of rotatable bonds is 3.